The summed E-state index contributed by atoms with van der Waals surface area (Å²) in [6.45, 7) is 3.66. The van der Waals surface area contributed by atoms with Gasteiger partial charge in [-0.2, -0.15) is 4.98 Å². The molecule has 0 amide bonds. The summed E-state index contributed by atoms with van der Waals surface area (Å²) in [5.41, 5.74) is 3.74. The van der Waals surface area contributed by atoms with Gasteiger partial charge in [0.15, 0.2) is 5.11 Å². The Kier molecular flexibility index (Phi) is 5.74. The van der Waals surface area contributed by atoms with Crippen LogP contribution in [0.4, 0.5) is 10.1 Å². The van der Waals surface area contributed by atoms with Crippen molar-refractivity contribution in [2.24, 2.45) is 0 Å². The average Bonchev–Trinajstić information content (AvgIpc) is 3.48. The van der Waals surface area contributed by atoms with Gasteiger partial charge in [0.2, 0.25) is 5.82 Å². The number of aromatic nitrogens is 2. The van der Waals surface area contributed by atoms with Crippen molar-refractivity contribution < 1.29 is 8.91 Å². The van der Waals surface area contributed by atoms with Crippen LogP contribution < -0.4 is 10.2 Å². The lowest BCUT2D eigenvalue weighted by Gasteiger charge is -2.37. The van der Waals surface area contributed by atoms with Gasteiger partial charge in [0.1, 0.15) is 5.82 Å². The van der Waals surface area contributed by atoms with Crippen LogP contribution in [0.5, 0.6) is 0 Å². The summed E-state index contributed by atoms with van der Waals surface area (Å²) in [7, 11) is 0. The van der Waals surface area contributed by atoms with E-state index in [0.29, 0.717) is 27.4 Å². The van der Waals surface area contributed by atoms with Crippen molar-refractivity contribution in [3.63, 3.8) is 0 Å². The summed E-state index contributed by atoms with van der Waals surface area (Å²) >= 11 is 13.6. The van der Waals surface area contributed by atoms with E-state index >= 15 is 0 Å². The van der Waals surface area contributed by atoms with Crippen LogP contribution in [0, 0.1) is 12.7 Å². The molecular formula is C24H18ClFN4OS2. The molecule has 5 rings (SSSR count). The Morgan fingerprint density at radius 2 is 2.00 bits per heavy atom. The van der Waals surface area contributed by atoms with Crippen LogP contribution in [0.25, 0.3) is 16.3 Å². The second-order valence-corrected chi connectivity index (χ2v) is 9.38. The highest BCUT2D eigenvalue weighted by atomic mass is 35.5. The van der Waals surface area contributed by atoms with Gasteiger partial charge < -0.3 is 9.84 Å². The molecule has 4 aromatic rings. The molecule has 3 heterocycles. The quantitative estimate of drug-likeness (QED) is 0.315. The fraction of sp³-hybridized carbons (Fsp3) is 0.125. The fourth-order valence-electron chi connectivity index (χ4n) is 3.87. The summed E-state index contributed by atoms with van der Waals surface area (Å²) in [6, 6.07) is 16.0. The van der Waals surface area contributed by atoms with Gasteiger partial charge in [-0.1, -0.05) is 35.0 Å². The molecule has 1 N–H and O–H groups in total. The zero-order valence-corrected chi connectivity index (χ0v) is 20.1. The number of benzene rings is 2. The van der Waals surface area contributed by atoms with Crippen LogP contribution in [0.3, 0.4) is 0 Å². The van der Waals surface area contributed by atoms with E-state index in [2.05, 4.69) is 15.5 Å². The monoisotopic (exact) mass is 496 g/mol. The first-order valence-corrected chi connectivity index (χ1v) is 11.8. The highest BCUT2D eigenvalue weighted by Gasteiger charge is 2.35. The molecule has 0 radical (unpaired) electrons. The first-order valence-electron chi connectivity index (χ1n) is 10.1. The van der Waals surface area contributed by atoms with Gasteiger partial charge >= 0.3 is 0 Å². The highest BCUT2D eigenvalue weighted by molar-refractivity contribution is 7.80. The van der Waals surface area contributed by atoms with Crippen molar-refractivity contribution in [2.75, 3.05) is 4.90 Å². The fourth-order valence-corrected chi connectivity index (χ4v) is 5.08. The normalized spacial score (nSPS) is 16.3. The molecule has 1 aliphatic heterocycles. The molecular weight excluding hydrogens is 479 g/mol. The van der Waals surface area contributed by atoms with Crippen LogP contribution >= 0.6 is 35.2 Å². The Hall–Kier alpha value is -3.07. The molecule has 0 aliphatic carbocycles. The number of rotatable bonds is 4. The maximum Gasteiger partial charge on any atom is 0.258 e. The molecule has 1 atom stereocenters. The van der Waals surface area contributed by atoms with Crippen molar-refractivity contribution in [1.82, 2.24) is 15.5 Å². The Morgan fingerprint density at radius 1 is 1.15 bits per heavy atom. The summed E-state index contributed by atoms with van der Waals surface area (Å²) in [6.07, 6.45) is 0. The van der Waals surface area contributed by atoms with E-state index in [-0.39, 0.29) is 11.9 Å². The maximum atomic E-state index is 13.9. The number of nitrogens with zero attached hydrogens (tertiary/aromatic N) is 3. The van der Waals surface area contributed by atoms with Gasteiger partial charge in [-0.25, -0.2) is 4.39 Å². The second-order valence-electron chi connectivity index (χ2n) is 7.61. The van der Waals surface area contributed by atoms with E-state index < -0.39 is 0 Å². The largest absolute Gasteiger partial charge is 0.351 e. The van der Waals surface area contributed by atoms with Gasteiger partial charge in [-0.15, -0.1) is 11.3 Å². The van der Waals surface area contributed by atoms with Gasteiger partial charge in [-0.3, -0.25) is 4.90 Å². The van der Waals surface area contributed by atoms with Crippen LogP contribution in [-0.2, 0) is 0 Å². The predicted molar refractivity (Wildman–Crippen MR) is 134 cm³/mol. The second kappa shape index (κ2) is 8.70. The summed E-state index contributed by atoms with van der Waals surface area (Å²) in [5.74, 6) is 0.618. The molecule has 166 valence electrons. The molecule has 1 aliphatic rings. The number of allylic oxidation sites excluding steroid dienone is 1. The minimum atomic E-state index is -0.356. The standard InChI is InChI=1S/C24H18ClFN4OS2/c1-13-11-17(8-9-18(13)26)30-14(2)20(23-28-22(29-31-23)19-7-4-10-33-19)21(27-24(30)32)15-5-3-6-16(25)12-15/h3-12,21H,1-2H3,(H,27,32). The van der Waals surface area contributed by atoms with E-state index in [4.69, 9.17) is 28.3 Å². The Bertz CT molecular complexity index is 1380. The molecule has 5 nitrogen and oxygen atoms in total. The minimum absolute atomic E-state index is 0.272. The summed E-state index contributed by atoms with van der Waals surface area (Å²) in [5, 5.41) is 10.6. The van der Waals surface area contributed by atoms with Crippen LogP contribution in [0.2, 0.25) is 5.02 Å². The third-order valence-corrected chi connectivity index (χ3v) is 6.87. The number of thiophene rings is 1. The molecule has 2 aromatic heterocycles. The molecule has 0 saturated carbocycles. The number of aryl methyl sites for hydroxylation is 1. The molecule has 33 heavy (non-hydrogen) atoms. The van der Waals surface area contributed by atoms with Crippen LogP contribution in [-0.4, -0.2) is 15.3 Å². The number of anilines is 1. The predicted octanol–water partition coefficient (Wildman–Crippen LogP) is 6.77. The highest BCUT2D eigenvalue weighted by Crippen LogP contribution is 2.40. The molecule has 0 saturated heterocycles. The molecule has 0 spiro atoms. The van der Waals surface area contributed by atoms with Gasteiger partial charge in [-0.05, 0) is 79.0 Å². The number of hydrogen-bond acceptors (Lipinski definition) is 5. The van der Waals surface area contributed by atoms with Gasteiger partial charge in [0.25, 0.3) is 5.89 Å². The van der Waals surface area contributed by atoms with Crippen molar-refractivity contribution in [3.8, 4) is 10.7 Å². The smallest absolute Gasteiger partial charge is 0.258 e. The summed E-state index contributed by atoms with van der Waals surface area (Å²) < 4.78 is 19.7. The number of halogens is 2. The van der Waals surface area contributed by atoms with E-state index in [1.165, 1.54) is 17.4 Å². The third kappa shape index (κ3) is 4.06. The number of hydrogen-bond donors (Lipinski definition) is 1. The lowest BCUT2D eigenvalue weighted by molar-refractivity contribution is 0.404. The van der Waals surface area contributed by atoms with E-state index in [1.807, 2.05) is 53.6 Å². The van der Waals surface area contributed by atoms with Crippen LogP contribution in [0.1, 0.15) is 30.0 Å². The zero-order chi connectivity index (χ0) is 23.1. The van der Waals surface area contributed by atoms with Crippen molar-refractivity contribution >= 4 is 51.5 Å². The minimum Gasteiger partial charge on any atom is -0.351 e. The number of nitrogens with one attached hydrogen (secondary N) is 1. The molecule has 0 bridgehead atoms. The van der Waals surface area contributed by atoms with Gasteiger partial charge in [0.05, 0.1) is 16.5 Å². The molecule has 0 fully saturated rings. The number of thiocarbonyl (C=S) groups is 1. The third-order valence-electron chi connectivity index (χ3n) is 5.46. The Morgan fingerprint density at radius 3 is 2.73 bits per heavy atom. The topological polar surface area (TPSA) is 54.2 Å². The Labute approximate surface area is 204 Å². The zero-order valence-electron chi connectivity index (χ0n) is 17.7. The molecule has 9 heteroatoms. The van der Waals surface area contributed by atoms with Crippen molar-refractivity contribution in [1.29, 1.82) is 0 Å². The first-order chi connectivity index (χ1) is 15.9. The molecule has 1 unspecified atom stereocenters. The Balaban J connectivity index is 1.68. The SMILES string of the molecule is CC1=C(c2nc(-c3cccs3)no2)C(c2cccc(Cl)c2)NC(=S)N1c1ccc(F)c(C)c1. The molecule has 2 aromatic carbocycles. The lowest BCUT2D eigenvalue weighted by atomic mass is 9.94. The average molecular weight is 497 g/mol. The van der Waals surface area contributed by atoms with Gasteiger partial charge in [0, 0.05) is 16.4 Å². The maximum absolute atomic E-state index is 13.9. The van der Waals surface area contributed by atoms with E-state index in [1.54, 1.807) is 19.1 Å². The lowest BCUT2D eigenvalue weighted by Crippen LogP contribution is -2.46. The van der Waals surface area contributed by atoms with Crippen LogP contribution in [0.15, 0.2) is 70.2 Å². The first kappa shape index (κ1) is 21.8. The van der Waals surface area contributed by atoms with E-state index in [9.17, 15) is 4.39 Å². The van der Waals surface area contributed by atoms with E-state index in [0.717, 1.165) is 27.4 Å². The summed E-state index contributed by atoms with van der Waals surface area (Å²) in [4.78, 5) is 7.45. The van der Waals surface area contributed by atoms with Crippen molar-refractivity contribution in [2.45, 2.75) is 19.9 Å². The van der Waals surface area contributed by atoms with Crippen molar-refractivity contribution in [3.05, 3.63) is 93.5 Å².